The van der Waals surface area contributed by atoms with Gasteiger partial charge in [-0.1, -0.05) is 53.7 Å². The molecule has 0 radical (unpaired) electrons. The summed E-state index contributed by atoms with van der Waals surface area (Å²) in [5.74, 6) is -0.139. The molecule has 1 atom stereocenters. The van der Waals surface area contributed by atoms with Crippen molar-refractivity contribution >= 4 is 51.5 Å². The number of rotatable bonds is 4. The van der Waals surface area contributed by atoms with Crippen LogP contribution in [0.1, 0.15) is 6.92 Å². The van der Waals surface area contributed by atoms with Crippen molar-refractivity contribution in [2.45, 2.75) is 17.3 Å². The number of pyridine rings is 1. The number of hydrogen-bond acceptors (Lipinski definition) is 4. The van der Waals surface area contributed by atoms with Gasteiger partial charge in [-0.3, -0.25) is 9.20 Å². The standard InChI is InChI=1S/C19H15ClN4OS/c1-12(18(25)21-15-8-4-3-7-14(15)20)26-19-23-22-17-11-10-13-6-2-5-9-16(13)24(17)19/h2-12H,1H3,(H,21,25)/t12-/m0/s1. The number of hydrogen-bond donors (Lipinski definition) is 1. The van der Waals surface area contributed by atoms with Crippen LogP contribution >= 0.6 is 23.4 Å². The first-order valence-electron chi connectivity index (χ1n) is 8.08. The number of benzene rings is 2. The molecule has 0 fully saturated rings. The van der Waals surface area contributed by atoms with Gasteiger partial charge in [-0.05, 0) is 42.6 Å². The molecule has 7 heteroatoms. The molecule has 4 rings (SSSR count). The predicted molar refractivity (Wildman–Crippen MR) is 106 cm³/mol. The molecule has 26 heavy (non-hydrogen) atoms. The van der Waals surface area contributed by atoms with Gasteiger partial charge in [-0.2, -0.15) is 0 Å². The third kappa shape index (κ3) is 3.13. The first-order valence-corrected chi connectivity index (χ1v) is 9.34. The Morgan fingerprint density at radius 3 is 2.69 bits per heavy atom. The number of carbonyl (C=O) groups excluding carboxylic acids is 1. The van der Waals surface area contributed by atoms with Crippen molar-refractivity contribution in [3.63, 3.8) is 0 Å². The minimum Gasteiger partial charge on any atom is -0.324 e. The number of para-hydroxylation sites is 2. The Bertz CT molecular complexity index is 1110. The van der Waals surface area contributed by atoms with Crippen molar-refractivity contribution in [3.8, 4) is 0 Å². The molecule has 0 bridgehead atoms. The zero-order chi connectivity index (χ0) is 18.1. The van der Waals surface area contributed by atoms with E-state index in [0.29, 0.717) is 15.9 Å². The molecule has 0 saturated carbocycles. The molecule has 1 amide bonds. The Hall–Kier alpha value is -2.57. The van der Waals surface area contributed by atoms with Crippen LogP contribution < -0.4 is 5.32 Å². The molecule has 1 N–H and O–H groups in total. The van der Waals surface area contributed by atoms with E-state index in [4.69, 9.17) is 11.6 Å². The zero-order valence-corrected chi connectivity index (χ0v) is 15.5. The molecule has 5 nitrogen and oxygen atoms in total. The summed E-state index contributed by atoms with van der Waals surface area (Å²) in [7, 11) is 0. The number of amides is 1. The highest BCUT2D eigenvalue weighted by atomic mass is 35.5. The Kier molecular flexibility index (Phi) is 4.53. The van der Waals surface area contributed by atoms with Crippen LogP contribution in [0.15, 0.2) is 65.8 Å². The third-order valence-corrected chi connectivity index (χ3v) is 5.40. The molecule has 2 aromatic carbocycles. The smallest absolute Gasteiger partial charge is 0.237 e. The highest BCUT2D eigenvalue weighted by Gasteiger charge is 2.19. The average Bonchev–Trinajstić information content (AvgIpc) is 3.07. The van der Waals surface area contributed by atoms with Crippen LogP contribution in [0, 0.1) is 0 Å². The van der Waals surface area contributed by atoms with Crippen LogP contribution in [0.25, 0.3) is 16.6 Å². The van der Waals surface area contributed by atoms with E-state index in [1.807, 2.05) is 59.9 Å². The molecule has 0 aliphatic carbocycles. The molecule has 4 aromatic rings. The van der Waals surface area contributed by atoms with Crippen LogP contribution in [0.4, 0.5) is 5.69 Å². The summed E-state index contributed by atoms with van der Waals surface area (Å²) in [6.45, 7) is 1.84. The quantitative estimate of drug-likeness (QED) is 0.522. The van der Waals surface area contributed by atoms with Crippen molar-refractivity contribution in [1.29, 1.82) is 0 Å². The van der Waals surface area contributed by atoms with Gasteiger partial charge in [-0.15, -0.1) is 10.2 Å². The zero-order valence-electron chi connectivity index (χ0n) is 13.9. The van der Waals surface area contributed by atoms with E-state index in [1.54, 1.807) is 12.1 Å². The Balaban J connectivity index is 1.61. The maximum Gasteiger partial charge on any atom is 0.237 e. The van der Waals surface area contributed by atoms with Crippen LogP contribution in [0.5, 0.6) is 0 Å². The summed E-state index contributed by atoms with van der Waals surface area (Å²) in [6, 6.07) is 19.1. The van der Waals surface area contributed by atoms with Gasteiger partial charge >= 0.3 is 0 Å². The van der Waals surface area contributed by atoms with E-state index in [0.717, 1.165) is 16.6 Å². The Morgan fingerprint density at radius 2 is 1.85 bits per heavy atom. The van der Waals surface area contributed by atoms with Crippen molar-refractivity contribution in [3.05, 3.63) is 65.7 Å². The summed E-state index contributed by atoms with van der Waals surface area (Å²) >= 11 is 7.47. The molecule has 130 valence electrons. The lowest BCUT2D eigenvalue weighted by molar-refractivity contribution is -0.115. The Morgan fingerprint density at radius 1 is 1.08 bits per heavy atom. The normalized spacial score (nSPS) is 12.4. The molecule has 2 heterocycles. The second-order valence-electron chi connectivity index (χ2n) is 5.80. The fraction of sp³-hybridized carbons (Fsp3) is 0.105. The van der Waals surface area contributed by atoms with Crippen molar-refractivity contribution < 1.29 is 4.79 Å². The van der Waals surface area contributed by atoms with Gasteiger partial charge in [0.15, 0.2) is 10.8 Å². The maximum absolute atomic E-state index is 12.5. The number of nitrogens with zero attached hydrogens (tertiary/aromatic N) is 3. The minimum atomic E-state index is -0.363. The van der Waals surface area contributed by atoms with E-state index >= 15 is 0 Å². The topological polar surface area (TPSA) is 59.3 Å². The van der Waals surface area contributed by atoms with Gasteiger partial charge in [0.25, 0.3) is 0 Å². The molecular weight excluding hydrogens is 368 g/mol. The number of halogens is 1. The van der Waals surface area contributed by atoms with E-state index in [1.165, 1.54) is 11.8 Å². The van der Waals surface area contributed by atoms with Crippen LogP contribution in [0.2, 0.25) is 5.02 Å². The lowest BCUT2D eigenvalue weighted by Crippen LogP contribution is -2.22. The van der Waals surface area contributed by atoms with Crippen molar-refractivity contribution in [1.82, 2.24) is 14.6 Å². The average molecular weight is 383 g/mol. The Labute approximate surface area is 159 Å². The highest BCUT2D eigenvalue weighted by Crippen LogP contribution is 2.27. The van der Waals surface area contributed by atoms with E-state index in [2.05, 4.69) is 15.5 Å². The van der Waals surface area contributed by atoms with E-state index in [-0.39, 0.29) is 11.2 Å². The third-order valence-electron chi connectivity index (χ3n) is 4.03. The van der Waals surface area contributed by atoms with E-state index in [9.17, 15) is 4.79 Å². The largest absolute Gasteiger partial charge is 0.324 e. The molecule has 0 aliphatic heterocycles. The number of nitrogens with one attached hydrogen (secondary N) is 1. The number of carbonyl (C=O) groups is 1. The molecule has 2 aromatic heterocycles. The van der Waals surface area contributed by atoms with Gasteiger partial charge in [-0.25, -0.2) is 0 Å². The van der Waals surface area contributed by atoms with Crippen LogP contribution in [0.3, 0.4) is 0 Å². The van der Waals surface area contributed by atoms with Gasteiger partial charge < -0.3 is 5.32 Å². The van der Waals surface area contributed by atoms with E-state index < -0.39 is 0 Å². The fourth-order valence-corrected chi connectivity index (χ4v) is 3.75. The predicted octanol–water partition coefficient (Wildman–Crippen LogP) is 4.66. The van der Waals surface area contributed by atoms with Crippen LogP contribution in [-0.4, -0.2) is 25.8 Å². The minimum absolute atomic E-state index is 0.139. The summed E-state index contributed by atoms with van der Waals surface area (Å²) in [6.07, 6.45) is 0. The van der Waals surface area contributed by atoms with Gasteiger partial charge in [0.1, 0.15) is 0 Å². The molecule has 0 saturated heterocycles. The van der Waals surface area contributed by atoms with Gasteiger partial charge in [0.05, 0.1) is 21.5 Å². The number of fused-ring (bicyclic) bond motifs is 3. The second kappa shape index (κ2) is 6.97. The lowest BCUT2D eigenvalue weighted by Gasteiger charge is -2.12. The summed E-state index contributed by atoms with van der Waals surface area (Å²) in [5.41, 5.74) is 2.37. The first-order chi connectivity index (χ1) is 12.6. The summed E-state index contributed by atoms with van der Waals surface area (Å²) in [5, 5.41) is 13.3. The molecule has 0 spiro atoms. The highest BCUT2D eigenvalue weighted by molar-refractivity contribution is 8.00. The molecule has 0 unspecified atom stereocenters. The number of aromatic nitrogens is 3. The summed E-state index contributed by atoms with van der Waals surface area (Å²) in [4.78, 5) is 12.5. The fourth-order valence-electron chi connectivity index (χ4n) is 2.70. The van der Waals surface area contributed by atoms with Crippen LogP contribution in [-0.2, 0) is 4.79 Å². The SMILES string of the molecule is C[C@H](Sc1nnc2ccc3ccccc3n12)C(=O)Nc1ccccc1Cl. The first kappa shape index (κ1) is 16.9. The van der Waals surface area contributed by atoms with Gasteiger partial charge in [0.2, 0.25) is 5.91 Å². The lowest BCUT2D eigenvalue weighted by atomic mass is 10.2. The molecule has 0 aliphatic rings. The summed E-state index contributed by atoms with van der Waals surface area (Å²) < 4.78 is 1.97. The van der Waals surface area contributed by atoms with Crippen molar-refractivity contribution in [2.75, 3.05) is 5.32 Å². The second-order valence-corrected chi connectivity index (χ2v) is 7.51. The van der Waals surface area contributed by atoms with Gasteiger partial charge in [0, 0.05) is 0 Å². The maximum atomic E-state index is 12.5. The monoisotopic (exact) mass is 382 g/mol. The molecular formula is C19H15ClN4OS. The number of anilines is 1. The number of thioether (sulfide) groups is 1. The van der Waals surface area contributed by atoms with Crippen molar-refractivity contribution in [2.24, 2.45) is 0 Å².